The van der Waals surface area contributed by atoms with Gasteiger partial charge in [0.2, 0.25) is 0 Å². The number of hydrogen-bond donors (Lipinski definition) is 0. The van der Waals surface area contributed by atoms with Gasteiger partial charge in [0.05, 0.1) is 0 Å². The average Bonchev–Trinajstić information content (AvgIpc) is 2.44. The van der Waals surface area contributed by atoms with Crippen LogP contribution >= 0.6 is 0 Å². The van der Waals surface area contributed by atoms with Crippen molar-refractivity contribution >= 4 is 0 Å². The molecule has 0 aromatic heterocycles. The van der Waals surface area contributed by atoms with E-state index in [9.17, 15) is 26.3 Å². The molecule has 0 spiro atoms. The number of halogens is 6. The van der Waals surface area contributed by atoms with E-state index in [1.165, 1.54) is 0 Å². The molecule has 7 heteroatoms. The maximum atomic E-state index is 14.3. The second-order valence-corrected chi connectivity index (χ2v) is 7.42. The van der Waals surface area contributed by atoms with Crippen molar-refractivity contribution in [3.8, 4) is 0 Å². The maximum absolute atomic E-state index is 14.3. The highest BCUT2D eigenvalue weighted by molar-refractivity contribution is 4.93. The molecule has 2 aliphatic rings. The van der Waals surface area contributed by atoms with E-state index in [0.29, 0.717) is 18.8 Å². The fraction of sp³-hybridized carbons (Fsp3) is 1.00. The van der Waals surface area contributed by atoms with Gasteiger partial charge in [-0.05, 0) is 49.9 Å². The summed E-state index contributed by atoms with van der Waals surface area (Å²) in [7, 11) is 0. The Morgan fingerprint density at radius 1 is 0.917 bits per heavy atom. The lowest BCUT2D eigenvalue weighted by Gasteiger charge is -2.41. The van der Waals surface area contributed by atoms with E-state index in [1.54, 1.807) is 0 Å². The summed E-state index contributed by atoms with van der Waals surface area (Å²) in [6, 6.07) is 0. The normalized spacial score (nSPS) is 41.4. The van der Waals surface area contributed by atoms with Crippen LogP contribution in [0.2, 0.25) is 0 Å². The number of ether oxygens (including phenoxy) is 1. The van der Waals surface area contributed by atoms with E-state index in [1.807, 2.05) is 6.92 Å². The lowest BCUT2D eigenvalue weighted by Crippen LogP contribution is -2.46. The maximum Gasteiger partial charge on any atom is 0.389 e. The molecule has 24 heavy (non-hydrogen) atoms. The van der Waals surface area contributed by atoms with Gasteiger partial charge in [-0.1, -0.05) is 13.3 Å². The van der Waals surface area contributed by atoms with Crippen molar-refractivity contribution in [1.82, 2.24) is 0 Å². The highest BCUT2D eigenvalue weighted by atomic mass is 19.4. The topological polar surface area (TPSA) is 9.23 Å². The Hall–Kier alpha value is -0.460. The second-order valence-electron chi connectivity index (χ2n) is 7.42. The van der Waals surface area contributed by atoms with Crippen LogP contribution in [0, 0.1) is 17.8 Å². The van der Waals surface area contributed by atoms with Crippen molar-refractivity contribution < 1.29 is 31.1 Å². The summed E-state index contributed by atoms with van der Waals surface area (Å²) in [5.41, 5.74) is 0. The molecule has 0 amide bonds. The SMILES string of the molecule is CC1CCC(C2CC(F)C(OCCCC(F)(F)F)C(F)C2)C(F)C1. The molecule has 0 saturated heterocycles. The van der Waals surface area contributed by atoms with Crippen LogP contribution in [-0.4, -0.2) is 37.4 Å². The van der Waals surface area contributed by atoms with Gasteiger partial charge in [0, 0.05) is 13.0 Å². The van der Waals surface area contributed by atoms with Crippen LogP contribution in [0.1, 0.15) is 51.9 Å². The van der Waals surface area contributed by atoms with Crippen molar-refractivity contribution in [1.29, 1.82) is 0 Å². The molecule has 2 saturated carbocycles. The fourth-order valence-electron chi connectivity index (χ4n) is 4.09. The van der Waals surface area contributed by atoms with Crippen LogP contribution in [0.3, 0.4) is 0 Å². The minimum atomic E-state index is -4.29. The summed E-state index contributed by atoms with van der Waals surface area (Å²) in [5, 5.41) is 0. The molecule has 0 aliphatic heterocycles. The van der Waals surface area contributed by atoms with Crippen LogP contribution in [0.5, 0.6) is 0 Å². The van der Waals surface area contributed by atoms with E-state index >= 15 is 0 Å². The van der Waals surface area contributed by atoms with Gasteiger partial charge in [0.25, 0.3) is 0 Å². The van der Waals surface area contributed by atoms with E-state index in [0.717, 1.165) is 6.42 Å². The molecule has 142 valence electrons. The van der Waals surface area contributed by atoms with Gasteiger partial charge >= 0.3 is 6.18 Å². The van der Waals surface area contributed by atoms with Crippen molar-refractivity contribution in [2.45, 2.75) is 82.7 Å². The number of alkyl halides is 6. The van der Waals surface area contributed by atoms with Gasteiger partial charge in [-0.2, -0.15) is 13.2 Å². The second kappa shape index (κ2) is 8.28. The molecule has 0 heterocycles. The third-order valence-electron chi connectivity index (χ3n) is 5.37. The highest BCUT2D eigenvalue weighted by Crippen LogP contribution is 2.43. The summed E-state index contributed by atoms with van der Waals surface area (Å²) in [6.45, 7) is 1.66. The Bertz CT molecular complexity index is 376. The van der Waals surface area contributed by atoms with Crippen molar-refractivity contribution in [3.05, 3.63) is 0 Å². The summed E-state index contributed by atoms with van der Waals surface area (Å²) in [5.74, 6) is -0.372. The zero-order chi connectivity index (χ0) is 17.9. The van der Waals surface area contributed by atoms with Gasteiger partial charge in [-0.25, -0.2) is 13.2 Å². The molecule has 0 bridgehead atoms. The van der Waals surface area contributed by atoms with Gasteiger partial charge in [0.15, 0.2) is 0 Å². The van der Waals surface area contributed by atoms with E-state index < -0.39 is 37.2 Å². The molecule has 0 N–H and O–H groups in total. The molecule has 0 aromatic rings. The lowest BCUT2D eigenvalue weighted by atomic mass is 9.69. The van der Waals surface area contributed by atoms with E-state index in [4.69, 9.17) is 4.74 Å². The quantitative estimate of drug-likeness (QED) is 0.460. The number of rotatable bonds is 5. The Kier molecular flexibility index (Phi) is 6.85. The zero-order valence-corrected chi connectivity index (χ0v) is 13.9. The molecule has 5 atom stereocenters. The Morgan fingerprint density at radius 2 is 1.54 bits per heavy atom. The standard InChI is InChI=1S/C17H26F6O/c1-10-3-4-12(13(18)7-10)11-8-14(19)16(15(20)9-11)24-6-2-5-17(21,22)23/h10-16H,2-9H2,1H3. The van der Waals surface area contributed by atoms with Gasteiger partial charge in [-0.3, -0.25) is 0 Å². The Balaban J connectivity index is 1.81. The predicted octanol–water partition coefficient (Wildman–Crippen LogP) is 5.57. The Morgan fingerprint density at radius 3 is 2.08 bits per heavy atom. The summed E-state index contributed by atoms with van der Waals surface area (Å²) in [6.07, 6.45) is -9.14. The molecular weight excluding hydrogens is 334 g/mol. The molecule has 2 fully saturated rings. The van der Waals surface area contributed by atoms with E-state index in [2.05, 4.69) is 0 Å². The predicted molar refractivity (Wildman–Crippen MR) is 78.9 cm³/mol. The summed E-state index contributed by atoms with van der Waals surface area (Å²) < 4.78 is 83.9. The number of hydrogen-bond acceptors (Lipinski definition) is 1. The third kappa shape index (κ3) is 5.53. The average molecular weight is 360 g/mol. The van der Waals surface area contributed by atoms with Crippen molar-refractivity contribution in [2.24, 2.45) is 17.8 Å². The van der Waals surface area contributed by atoms with Gasteiger partial charge in [0.1, 0.15) is 24.6 Å². The summed E-state index contributed by atoms with van der Waals surface area (Å²) in [4.78, 5) is 0. The first-order chi connectivity index (χ1) is 11.2. The molecule has 0 radical (unpaired) electrons. The molecule has 0 aromatic carbocycles. The molecule has 2 aliphatic carbocycles. The smallest absolute Gasteiger partial charge is 0.372 e. The van der Waals surface area contributed by atoms with Crippen LogP contribution in [-0.2, 0) is 4.74 Å². The first-order valence-corrected chi connectivity index (χ1v) is 8.78. The molecule has 1 nitrogen and oxygen atoms in total. The lowest BCUT2D eigenvalue weighted by molar-refractivity contribution is -0.143. The van der Waals surface area contributed by atoms with Crippen LogP contribution in [0.4, 0.5) is 26.3 Å². The minimum absolute atomic E-state index is 0.0316. The molecule has 5 unspecified atom stereocenters. The van der Waals surface area contributed by atoms with Crippen LogP contribution in [0.15, 0.2) is 0 Å². The first kappa shape index (κ1) is 19.9. The fourth-order valence-corrected chi connectivity index (χ4v) is 4.09. The van der Waals surface area contributed by atoms with Crippen molar-refractivity contribution in [3.63, 3.8) is 0 Å². The summed E-state index contributed by atoms with van der Waals surface area (Å²) >= 11 is 0. The Labute approximate surface area is 139 Å². The first-order valence-electron chi connectivity index (χ1n) is 8.78. The van der Waals surface area contributed by atoms with Crippen LogP contribution < -0.4 is 0 Å². The monoisotopic (exact) mass is 360 g/mol. The van der Waals surface area contributed by atoms with Gasteiger partial charge in [-0.15, -0.1) is 0 Å². The molecular formula is C17H26F6O. The van der Waals surface area contributed by atoms with E-state index in [-0.39, 0.29) is 37.7 Å². The zero-order valence-electron chi connectivity index (χ0n) is 13.9. The molecule has 2 rings (SSSR count). The van der Waals surface area contributed by atoms with Crippen molar-refractivity contribution in [2.75, 3.05) is 6.61 Å². The third-order valence-corrected chi connectivity index (χ3v) is 5.37. The van der Waals surface area contributed by atoms with Gasteiger partial charge < -0.3 is 4.74 Å². The van der Waals surface area contributed by atoms with Crippen LogP contribution in [0.25, 0.3) is 0 Å². The highest BCUT2D eigenvalue weighted by Gasteiger charge is 2.44. The minimum Gasteiger partial charge on any atom is -0.372 e. The largest absolute Gasteiger partial charge is 0.389 e.